The highest BCUT2D eigenvalue weighted by atomic mass is 79.9. The summed E-state index contributed by atoms with van der Waals surface area (Å²) in [5, 5.41) is 6.10. The quantitative estimate of drug-likeness (QED) is 0.324. The number of nitrogens with one attached hydrogen (secondary N) is 2. The van der Waals surface area contributed by atoms with E-state index in [2.05, 4.69) is 26.6 Å². The molecule has 1 heterocycles. The summed E-state index contributed by atoms with van der Waals surface area (Å²) in [7, 11) is 1.61. The molecule has 0 fully saturated rings. The number of ether oxygens (including phenoxy) is 2. The highest BCUT2D eigenvalue weighted by Gasteiger charge is 2.30. The van der Waals surface area contributed by atoms with E-state index in [1.54, 1.807) is 37.6 Å². The number of dihydropyridines is 1. The molecular weight excluding hydrogens is 465 g/mol. The van der Waals surface area contributed by atoms with Crippen molar-refractivity contribution in [3.63, 3.8) is 0 Å². The van der Waals surface area contributed by atoms with Crippen molar-refractivity contribution in [1.29, 1.82) is 0 Å². The molecule has 0 saturated heterocycles. The van der Waals surface area contributed by atoms with E-state index >= 15 is 0 Å². The lowest BCUT2D eigenvalue weighted by Gasteiger charge is -2.31. The van der Waals surface area contributed by atoms with E-state index < -0.39 is 10.4 Å². The zero-order valence-corrected chi connectivity index (χ0v) is 18.0. The highest BCUT2D eigenvalue weighted by Crippen LogP contribution is 2.38. The van der Waals surface area contributed by atoms with Crippen molar-refractivity contribution in [3.8, 4) is 11.5 Å². The molecule has 9 heteroatoms. The number of benzene rings is 2. The first-order valence-corrected chi connectivity index (χ1v) is 10.1. The van der Waals surface area contributed by atoms with Gasteiger partial charge in [0.15, 0.2) is 21.3 Å². The van der Waals surface area contributed by atoms with Crippen LogP contribution < -0.4 is 25.8 Å². The molecule has 1 atom stereocenters. The molecule has 146 valence electrons. The Bertz CT molecular complexity index is 954. The van der Waals surface area contributed by atoms with Crippen molar-refractivity contribution in [2.24, 2.45) is 5.73 Å². The Labute approximate surface area is 180 Å². The molecule has 5 nitrogen and oxygen atoms in total. The molecule has 2 aromatic rings. The van der Waals surface area contributed by atoms with Crippen LogP contribution in [0.4, 0.5) is 4.39 Å². The number of hydrogen-bond acceptors (Lipinski definition) is 5. The van der Waals surface area contributed by atoms with Gasteiger partial charge < -0.3 is 25.8 Å². The van der Waals surface area contributed by atoms with Gasteiger partial charge in [0, 0.05) is 17.2 Å². The van der Waals surface area contributed by atoms with E-state index in [4.69, 9.17) is 27.4 Å². The number of hydrogen-bond donors (Lipinski definition) is 3. The standard InChI is InChI=1S/C19H17BrFN3O2S2/c1-25-12-5-4-6-13(9-12)28-17-11-23-19(20,24-18(22)27)10-16(17)26-15-8-3-2-7-14(15)21/h2-11,23H,1H3,(H3,22,24,27). The predicted octanol–water partition coefficient (Wildman–Crippen LogP) is 4.22. The fraction of sp³-hybridized carbons (Fsp3) is 0.105. The fourth-order valence-electron chi connectivity index (χ4n) is 2.38. The first-order valence-electron chi connectivity index (χ1n) is 8.10. The van der Waals surface area contributed by atoms with Crippen molar-refractivity contribution in [3.05, 3.63) is 77.3 Å². The Hall–Kier alpha value is -2.23. The van der Waals surface area contributed by atoms with Crippen LogP contribution in [-0.4, -0.2) is 16.8 Å². The maximum atomic E-state index is 14.1. The van der Waals surface area contributed by atoms with Crippen molar-refractivity contribution in [2.75, 3.05) is 7.11 Å². The largest absolute Gasteiger partial charge is 0.497 e. The summed E-state index contributed by atoms with van der Waals surface area (Å²) in [5.74, 6) is 0.810. The molecular formula is C19H17BrFN3O2S2. The number of alkyl halides is 1. The molecule has 0 spiro atoms. The Morgan fingerprint density at radius 3 is 2.79 bits per heavy atom. The SMILES string of the molecule is COc1cccc(SC2=CNC(Br)(NC(N)=S)C=C2Oc2ccccc2F)c1. The number of methoxy groups -OCH3 is 1. The van der Waals surface area contributed by atoms with Crippen LogP contribution in [0.25, 0.3) is 0 Å². The zero-order valence-electron chi connectivity index (χ0n) is 14.7. The van der Waals surface area contributed by atoms with E-state index in [0.29, 0.717) is 5.76 Å². The van der Waals surface area contributed by atoms with Gasteiger partial charge in [-0.2, -0.15) is 0 Å². The van der Waals surface area contributed by atoms with Gasteiger partial charge in [-0.3, -0.25) is 0 Å². The molecule has 0 saturated carbocycles. The topological polar surface area (TPSA) is 68.5 Å². The average Bonchev–Trinajstić information content (AvgIpc) is 2.65. The molecule has 3 rings (SSSR count). The fourth-order valence-corrected chi connectivity index (χ4v) is 4.11. The Kier molecular flexibility index (Phi) is 6.48. The minimum absolute atomic E-state index is 0.0863. The molecule has 0 amide bonds. The monoisotopic (exact) mass is 481 g/mol. The number of thioether (sulfide) groups is 1. The molecule has 0 radical (unpaired) electrons. The first-order chi connectivity index (χ1) is 13.4. The number of halogens is 2. The maximum absolute atomic E-state index is 14.1. The van der Waals surface area contributed by atoms with Crippen LogP contribution in [-0.2, 0) is 0 Å². The predicted molar refractivity (Wildman–Crippen MR) is 117 cm³/mol. The van der Waals surface area contributed by atoms with E-state index in [1.807, 2.05) is 24.3 Å². The van der Waals surface area contributed by atoms with Gasteiger partial charge in [-0.25, -0.2) is 4.39 Å². The molecule has 1 aliphatic heterocycles. The molecule has 0 bridgehead atoms. The van der Waals surface area contributed by atoms with Crippen molar-refractivity contribution >= 4 is 45.0 Å². The summed E-state index contributed by atoms with van der Waals surface area (Å²) in [6.07, 6.45) is 3.43. The van der Waals surface area contributed by atoms with Gasteiger partial charge in [0.2, 0.25) is 0 Å². The molecule has 4 N–H and O–H groups in total. The summed E-state index contributed by atoms with van der Waals surface area (Å²) >= 11 is 9.85. The van der Waals surface area contributed by atoms with Gasteiger partial charge >= 0.3 is 0 Å². The van der Waals surface area contributed by atoms with Crippen molar-refractivity contribution in [2.45, 2.75) is 9.47 Å². The number of thiocarbonyl (C=S) groups is 1. The number of nitrogens with two attached hydrogens (primary N) is 1. The Balaban J connectivity index is 1.92. The average molecular weight is 482 g/mol. The van der Waals surface area contributed by atoms with E-state index in [-0.39, 0.29) is 10.9 Å². The van der Waals surface area contributed by atoms with Crippen LogP contribution in [0.1, 0.15) is 0 Å². The normalized spacial score (nSPS) is 18.4. The van der Waals surface area contributed by atoms with Crippen LogP contribution in [0.15, 0.2) is 76.4 Å². The number of para-hydroxylation sites is 1. The van der Waals surface area contributed by atoms with Gasteiger partial charge in [-0.15, -0.1) is 0 Å². The molecule has 1 unspecified atom stereocenters. The maximum Gasteiger partial charge on any atom is 0.190 e. The third kappa shape index (κ3) is 5.18. The molecule has 0 aromatic heterocycles. The molecule has 2 aromatic carbocycles. The van der Waals surface area contributed by atoms with E-state index in [0.717, 1.165) is 15.6 Å². The van der Waals surface area contributed by atoms with Crippen LogP contribution in [0.3, 0.4) is 0 Å². The minimum atomic E-state index is -0.960. The second kappa shape index (κ2) is 8.85. The molecule has 28 heavy (non-hydrogen) atoms. The summed E-state index contributed by atoms with van der Waals surface area (Å²) in [6, 6.07) is 13.8. The Morgan fingerprint density at radius 2 is 2.07 bits per heavy atom. The zero-order chi connectivity index (χ0) is 20.1. The van der Waals surface area contributed by atoms with Crippen LogP contribution in [0, 0.1) is 5.82 Å². The van der Waals surface area contributed by atoms with Crippen LogP contribution >= 0.6 is 39.9 Å². The van der Waals surface area contributed by atoms with Crippen LogP contribution in [0.5, 0.6) is 11.5 Å². The summed E-state index contributed by atoms with van der Waals surface area (Å²) < 4.78 is 24.3. The first kappa shape index (κ1) is 20.5. The van der Waals surface area contributed by atoms with Crippen molar-refractivity contribution < 1.29 is 13.9 Å². The lowest BCUT2D eigenvalue weighted by molar-refractivity contribution is 0.397. The lowest BCUT2D eigenvalue weighted by Crippen LogP contribution is -2.54. The second-order valence-corrected chi connectivity index (χ2v) is 8.48. The highest BCUT2D eigenvalue weighted by molar-refractivity contribution is 9.10. The van der Waals surface area contributed by atoms with Gasteiger partial charge in [-0.1, -0.05) is 30.0 Å². The third-order valence-corrected chi connectivity index (χ3v) is 5.40. The third-order valence-electron chi connectivity index (χ3n) is 3.62. The summed E-state index contributed by atoms with van der Waals surface area (Å²) in [6.45, 7) is 0. The molecule has 0 aliphatic carbocycles. The minimum Gasteiger partial charge on any atom is -0.497 e. The van der Waals surface area contributed by atoms with Crippen LogP contribution in [0.2, 0.25) is 0 Å². The van der Waals surface area contributed by atoms with E-state index in [1.165, 1.54) is 17.8 Å². The Morgan fingerprint density at radius 1 is 1.29 bits per heavy atom. The second-order valence-electron chi connectivity index (χ2n) is 5.68. The summed E-state index contributed by atoms with van der Waals surface area (Å²) in [5.41, 5.74) is 5.60. The van der Waals surface area contributed by atoms with Gasteiger partial charge in [0.1, 0.15) is 11.5 Å². The van der Waals surface area contributed by atoms with Gasteiger partial charge in [-0.05, 0) is 58.5 Å². The lowest BCUT2D eigenvalue weighted by atomic mass is 10.3. The smallest absolute Gasteiger partial charge is 0.190 e. The van der Waals surface area contributed by atoms with E-state index in [9.17, 15) is 4.39 Å². The van der Waals surface area contributed by atoms with Crippen molar-refractivity contribution in [1.82, 2.24) is 10.6 Å². The summed E-state index contributed by atoms with van der Waals surface area (Å²) in [4.78, 5) is 1.66. The molecule has 1 aliphatic rings. The van der Waals surface area contributed by atoms with Gasteiger partial charge in [0.05, 0.1) is 12.0 Å². The number of rotatable bonds is 6. The van der Waals surface area contributed by atoms with Gasteiger partial charge in [0.25, 0.3) is 0 Å².